The minimum Gasteiger partial charge on any atom is -0.508 e. The molecule has 0 radical (unpaired) electrons. The quantitative estimate of drug-likeness (QED) is 0.0417. The average molecular weight is 1110 g/mol. The predicted octanol–water partition coefficient (Wildman–Crippen LogP) is 18.6. The van der Waals surface area contributed by atoms with E-state index < -0.39 is 0 Å². The minimum atomic E-state index is 0.247. The van der Waals surface area contributed by atoms with Crippen LogP contribution in [0.5, 0.6) is 23.0 Å². The number of phenolic OH excluding ortho intramolecular Hbond substituents is 1. The van der Waals surface area contributed by atoms with Crippen molar-refractivity contribution >= 4 is 15.9 Å². The third-order valence-corrected chi connectivity index (χ3v) is 13.7. The first-order valence-electron chi connectivity index (χ1n) is 27.4. The molecule has 0 amide bonds. The fourth-order valence-corrected chi connectivity index (χ4v) is 9.02. The van der Waals surface area contributed by atoms with Gasteiger partial charge < -0.3 is 19.3 Å². The van der Waals surface area contributed by atoms with Crippen molar-refractivity contribution in [3.8, 4) is 91.8 Å². The summed E-state index contributed by atoms with van der Waals surface area (Å²) in [4.78, 5) is 0. The molecule has 79 heavy (non-hydrogen) atoms. The molecule has 0 aromatic heterocycles. The Labute approximate surface area is 476 Å². The van der Waals surface area contributed by atoms with E-state index in [4.69, 9.17) is 35.3 Å². The second-order valence-electron chi connectivity index (χ2n) is 19.1. The molecule has 0 bridgehead atoms. The number of alkyl halides is 1. The van der Waals surface area contributed by atoms with E-state index in [0.29, 0.717) is 22.3 Å². The third kappa shape index (κ3) is 21.7. The maximum Gasteiger partial charge on any atom is 0.119 e. The first-order valence-corrected chi connectivity index (χ1v) is 28.6. The second kappa shape index (κ2) is 34.9. The van der Waals surface area contributed by atoms with Gasteiger partial charge >= 0.3 is 0 Å². The summed E-state index contributed by atoms with van der Waals surface area (Å²) in [6.45, 7) is 2.26. The maximum absolute atomic E-state index is 9.32. The van der Waals surface area contributed by atoms with E-state index in [9.17, 15) is 5.11 Å². The second-order valence-corrected chi connectivity index (χ2v) is 19.9. The van der Waals surface area contributed by atoms with Crippen LogP contribution >= 0.6 is 15.9 Å². The van der Waals surface area contributed by atoms with Crippen LogP contribution in [-0.2, 0) is 0 Å². The van der Waals surface area contributed by atoms with Crippen molar-refractivity contribution in [3.63, 3.8) is 0 Å². The Bertz CT molecular complexity index is 3190. The number of phenols is 1. The van der Waals surface area contributed by atoms with Crippen LogP contribution in [0.25, 0.3) is 44.5 Å². The standard InChI is InChI=1S/C35H34N2O2.C22H26BrNO.C13H9NO/c36-26-28-11-15-30(16-12-28)31-19-21-34(22-20-31)38-23-6-4-2-1-3-5-7-24-39-35-10-8-9-33(25-35)32-17-13-29(27-37)14-18-32;23-16-6-4-2-1-3-5-7-17-25-22-14-12-21(13-15-22)20-10-8-19(18-24)9-11-20;14-9-10-4-6-11(7-5-10)12-2-1-3-13(15)8-12/h8-22,25H,1-7,23-24H2;8-15H,1-7,16-17H2;1-8,15H. The van der Waals surface area contributed by atoms with Gasteiger partial charge in [-0.15, -0.1) is 0 Å². The summed E-state index contributed by atoms with van der Waals surface area (Å²) in [5, 5.41) is 45.9. The number of nitrogens with zero attached hydrogens (tertiary/aromatic N) is 4. The van der Waals surface area contributed by atoms with Gasteiger partial charge in [-0.1, -0.05) is 177 Å². The molecule has 1 N–H and O–H groups in total. The highest BCUT2D eigenvalue weighted by molar-refractivity contribution is 9.09. The third-order valence-electron chi connectivity index (χ3n) is 13.2. The molecule has 0 fully saturated rings. The molecule has 8 aromatic rings. The zero-order chi connectivity index (χ0) is 55.5. The van der Waals surface area contributed by atoms with Gasteiger partial charge in [0.1, 0.15) is 23.0 Å². The van der Waals surface area contributed by atoms with Crippen molar-refractivity contribution in [1.29, 1.82) is 21.0 Å². The molecule has 0 saturated carbocycles. The van der Waals surface area contributed by atoms with Crippen LogP contribution in [-0.4, -0.2) is 30.3 Å². The Balaban J connectivity index is 0.000000214. The van der Waals surface area contributed by atoms with Crippen LogP contribution in [0.15, 0.2) is 194 Å². The van der Waals surface area contributed by atoms with Gasteiger partial charge in [-0.25, -0.2) is 0 Å². The van der Waals surface area contributed by atoms with Crippen molar-refractivity contribution < 1.29 is 19.3 Å². The van der Waals surface area contributed by atoms with Gasteiger partial charge in [-0.3, -0.25) is 0 Å². The topological polar surface area (TPSA) is 143 Å². The summed E-state index contributed by atoms with van der Waals surface area (Å²) in [5.41, 5.74) is 11.3. The van der Waals surface area contributed by atoms with Crippen LogP contribution in [0, 0.1) is 45.3 Å². The lowest BCUT2D eigenvalue weighted by molar-refractivity contribution is 0.300. The van der Waals surface area contributed by atoms with Gasteiger partial charge in [0.05, 0.1) is 66.4 Å². The Hall–Kier alpha value is -8.60. The monoisotopic (exact) mass is 1110 g/mol. The van der Waals surface area contributed by atoms with Gasteiger partial charge in [-0.05, 0) is 167 Å². The number of rotatable bonds is 26. The molecule has 0 aliphatic heterocycles. The molecule has 9 heteroatoms. The van der Waals surface area contributed by atoms with Crippen LogP contribution in [0.2, 0.25) is 0 Å². The van der Waals surface area contributed by atoms with Crippen molar-refractivity contribution in [2.45, 2.75) is 89.9 Å². The number of hydrogen-bond acceptors (Lipinski definition) is 8. The van der Waals surface area contributed by atoms with E-state index >= 15 is 0 Å². The lowest BCUT2D eigenvalue weighted by Crippen LogP contribution is -1.98. The molecular formula is C70H69BrN4O4. The van der Waals surface area contributed by atoms with E-state index in [1.54, 1.807) is 30.3 Å². The lowest BCUT2D eigenvalue weighted by atomic mass is 10.0. The first kappa shape index (κ1) is 59.6. The molecule has 8 aromatic carbocycles. The van der Waals surface area contributed by atoms with E-state index in [1.807, 2.05) is 127 Å². The average Bonchev–Trinajstić information content (AvgIpc) is 3.52. The number of unbranched alkanes of at least 4 members (excludes halogenated alkanes) is 12. The van der Waals surface area contributed by atoms with Crippen molar-refractivity contribution in [3.05, 3.63) is 216 Å². The molecule has 8 rings (SSSR count). The molecule has 0 saturated heterocycles. The van der Waals surface area contributed by atoms with Crippen molar-refractivity contribution in [2.24, 2.45) is 0 Å². The van der Waals surface area contributed by atoms with E-state index in [1.165, 1.54) is 70.6 Å². The van der Waals surface area contributed by atoms with Gasteiger partial charge in [-0.2, -0.15) is 21.0 Å². The molecule has 0 aliphatic rings. The fourth-order valence-electron chi connectivity index (χ4n) is 8.63. The predicted molar refractivity (Wildman–Crippen MR) is 323 cm³/mol. The molecule has 0 atom stereocenters. The zero-order valence-corrected chi connectivity index (χ0v) is 46.6. The Morgan fingerprint density at radius 3 is 0.899 bits per heavy atom. The first-order chi connectivity index (χ1) is 38.9. The Morgan fingerprint density at radius 2 is 0.570 bits per heavy atom. The summed E-state index contributed by atoms with van der Waals surface area (Å²) in [5.74, 6) is 2.96. The number of hydrogen-bond donors (Lipinski definition) is 1. The molecular weight excluding hydrogens is 1040 g/mol. The van der Waals surface area contributed by atoms with Crippen LogP contribution < -0.4 is 14.2 Å². The fraction of sp³-hybridized carbons (Fsp3) is 0.257. The van der Waals surface area contributed by atoms with Crippen LogP contribution in [0.4, 0.5) is 0 Å². The summed E-state index contributed by atoms with van der Waals surface area (Å²) >= 11 is 3.47. The van der Waals surface area contributed by atoms with Crippen LogP contribution in [0.1, 0.15) is 112 Å². The summed E-state index contributed by atoms with van der Waals surface area (Å²) in [6.07, 6.45) is 17.2. The van der Waals surface area contributed by atoms with Crippen LogP contribution in [0.3, 0.4) is 0 Å². The number of aromatic hydroxyl groups is 1. The highest BCUT2D eigenvalue weighted by Crippen LogP contribution is 2.28. The van der Waals surface area contributed by atoms with Crippen molar-refractivity contribution in [2.75, 3.05) is 25.2 Å². The summed E-state index contributed by atoms with van der Waals surface area (Å²) in [7, 11) is 0. The molecule has 0 heterocycles. The number of halogens is 1. The molecule has 8 nitrogen and oxygen atoms in total. The number of nitriles is 4. The summed E-state index contributed by atoms with van der Waals surface area (Å²) < 4.78 is 17.7. The molecule has 0 spiro atoms. The van der Waals surface area contributed by atoms with Gasteiger partial charge in [0.15, 0.2) is 0 Å². The zero-order valence-electron chi connectivity index (χ0n) is 45.0. The van der Waals surface area contributed by atoms with Gasteiger partial charge in [0.2, 0.25) is 0 Å². The number of ether oxygens (including phenoxy) is 3. The SMILES string of the molecule is N#Cc1ccc(-c2ccc(OCCCCCCCCCBr)cc2)cc1.N#Cc1ccc(-c2ccc(OCCCCCCCCCOc3cccc(-c4ccc(C#N)cc4)c3)cc2)cc1.N#Cc1ccc(-c2cccc(O)c2)cc1. The van der Waals surface area contributed by atoms with E-state index in [0.717, 1.165) is 106 Å². The van der Waals surface area contributed by atoms with E-state index in [2.05, 4.69) is 76.6 Å². The maximum atomic E-state index is 9.32. The van der Waals surface area contributed by atoms with Gasteiger partial charge in [0, 0.05) is 5.33 Å². The molecule has 400 valence electrons. The minimum absolute atomic E-state index is 0.247. The molecule has 0 unspecified atom stereocenters. The smallest absolute Gasteiger partial charge is 0.119 e. The highest BCUT2D eigenvalue weighted by atomic mass is 79.9. The largest absolute Gasteiger partial charge is 0.508 e. The summed E-state index contributed by atoms with van der Waals surface area (Å²) in [6, 6.07) is 70.2. The Kier molecular flexibility index (Phi) is 26.4. The molecule has 0 aliphatic carbocycles. The Morgan fingerprint density at radius 1 is 0.291 bits per heavy atom. The highest BCUT2D eigenvalue weighted by Gasteiger charge is 2.05. The van der Waals surface area contributed by atoms with Gasteiger partial charge in [0.25, 0.3) is 0 Å². The lowest BCUT2D eigenvalue weighted by Gasteiger charge is -2.09. The van der Waals surface area contributed by atoms with Crippen molar-refractivity contribution in [1.82, 2.24) is 0 Å². The normalized spacial score (nSPS) is 10.2. The van der Waals surface area contributed by atoms with E-state index in [-0.39, 0.29) is 5.75 Å². The number of benzene rings is 8.